The van der Waals surface area contributed by atoms with Gasteiger partial charge in [-0.25, -0.2) is 13.1 Å². The van der Waals surface area contributed by atoms with Crippen molar-refractivity contribution in [3.05, 3.63) is 29.8 Å². The van der Waals surface area contributed by atoms with Crippen LogP contribution in [0.1, 0.15) is 59.6 Å². The molecule has 2 aliphatic rings. The number of ether oxygens (including phenoxy) is 1. The van der Waals surface area contributed by atoms with Crippen molar-refractivity contribution in [2.24, 2.45) is 0 Å². The van der Waals surface area contributed by atoms with Gasteiger partial charge in [-0.15, -0.1) is 0 Å². The molecule has 8 heteroatoms. The molecule has 150 valence electrons. The lowest BCUT2D eigenvalue weighted by Crippen LogP contribution is -2.41. The molecule has 0 saturated carbocycles. The van der Waals surface area contributed by atoms with E-state index in [1.54, 1.807) is 13.8 Å². The minimum atomic E-state index is -3.34. The number of benzene rings is 1. The van der Waals surface area contributed by atoms with Crippen molar-refractivity contribution in [1.29, 1.82) is 0 Å². The fourth-order valence-corrected chi connectivity index (χ4v) is 4.14. The van der Waals surface area contributed by atoms with Gasteiger partial charge in [0.2, 0.25) is 10.0 Å². The Morgan fingerprint density at radius 2 is 1.63 bits per heavy atom. The summed E-state index contributed by atoms with van der Waals surface area (Å²) in [6, 6.07) is 7.61. The number of hydrogen-bond acceptors (Lipinski definition) is 5. The van der Waals surface area contributed by atoms with Crippen LogP contribution < -0.4 is 10.2 Å². The van der Waals surface area contributed by atoms with Crippen molar-refractivity contribution >= 4 is 22.6 Å². The van der Waals surface area contributed by atoms with Gasteiger partial charge in [-0.1, -0.05) is 24.3 Å². The maximum atomic E-state index is 12.2. The van der Waals surface area contributed by atoms with Gasteiger partial charge in [0, 0.05) is 6.61 Å². The highest BCUT2D eigenvalue weighted by Crippen LogP contribution is 2.36. The Bertz CT molecular complexity index is 760. The SMILES string of the molecule is CC(C)S(=O)(=O)N[C@H]1CCO[C@H]1c1ccc(B2OC(C)(C)C(C)(C)O2)cc1. The topological polar surface area (TPSA) is 73.9 Å². The van der Waals surface area contributed by atoms with Crippen LogP contribution in [0.3, 0.4) is 0 Å². The lowest BCUT2D eigenvalue weighted by atomic mass is 9.78. The first kappa shape index (κ1) is 20.8. The molecule has 0 amide bonds. The number of nitrogens with one attached hydrogen (secondary N) is 1. The van der Waals surface area contributed by atoms with Crippen molar-refractivity contribution in [2.75, 3.05) is 6.61 Å². The standard InChI is InChI=1S/C19H30BNO5S/c1-13(2)27(22,23)21-16-11-12-24-17(16)14-7-9-15(10-8-14)20-25-18(3,4)19(5,6)26-20/h7-10,13,16-17,21H,11-12H2,1-6H3/t16-,17-/m0/s1. The molecular weight excluding hydrogens is 365 g/mol. The maximum absolute atomic E-state index is 12.2. The van der Waals surface area contributed by atoms with Gasteiger partial charge in [-0.2, -0.15) is 0 Å². The Balaban J connectivity index is 1.74. The van der Waals surface area contributed by atoms with Crippen molar-refractivity contribution < 1.29 is 22.5 Å². The van der Waals surface area contributed by atoms with Crippen LogP contribution in [-0.4, -0.2) is 44.6 Å². The summed E-state index contributed by atoms with van der Waals surface area (Å²) in [7, 11) is -3.75. The molecule has 3 rings (SSSR count). The summed E-state index contributed by atoms with van der Waals surface area (Å²) in [6.07, 6.45) is 0.376. The second-order valence-corrected chi connectivity index (χ2v) is 10.9. The first-order valence-corrected chi connectivity index (χ1v) is 11.1. The molecule has 1 aromatic carbocycles. The highest BCUT2D eigenvalue weighted by molar-refractivity contribution is 7.90. The molecule has 27 heavy (non-hydrogen) atoms. The van der Waals surface area contributed by atoms with Crippen LogP contribution in [0.25, 0.3) is 0 Å². The Morgan fingerprint density at radius 3 is 2.15 bits per heavy atom. The van der Waals surface area contributed by atoms with E-state index in [0.717, 1.165) is 11.0 Å². The average Bonchev–Trinajstić information content (AvgIpc) is 3.09. The molecule has 2 atom stereocenters. The van der Waals surface area contributed by atoms with Gasteiger partial charge in [0.1, 0.15) is 0 Å². The molecule has 1 N–H and O–H groups in total. The third-order valence-electron chi connectivity index (χ3n) is 5.82. The molecule has 0 aromatic heterocycles. The Hall–Kier alpha value is -0.925. The zero-order valence-corrected chi connectivity index (χ0v) is 17.8. The first-order chi connectivity index (χ1) is 12.4. The molecule has 2 heterocycles. The lowest BCUT2D eigenvalue weighted by Gasteiger charge is -2.32. The monoisotopic (exact) mass is 395 g/mol. The molecule has 0 radical (unpaired) electrons. The van der Waals surface area contributed by atoms with Crippen LogP contribution in [0.5, 0.6) is 0 Å². The highest BCUT2D eigenvalue weighted by Gasteiger charge is 2.51. The minimum absolute atomic E-state index is 0.250. The summed E-state index contributed by atoms with van der Waals surface area (Å²) in [5.41, 5.74) is 1.12. The van der Waals surface area contributed by atoms with Crippen LogP contribution in [0.2, 0.25) is 0 Å². The molecule has 0 bridgehead atoms. The zero-order valence-electron chi connectivity index (χ0n) is 17.0. The first-order valence-electron chi connectivity index (χ1n) is 9.51. The third-order valence-corrected chi connectivity index (χ3v) is 7.69. The second-order valence-electron chi connectivity index (χ2n) is 8.65. The van der Waals surface area contributed by atoms with E-state index in [1.165, 1.54) is 0 Å². The fraction of sp³-hybridized carbons (Fsp3) is 0.684. The van der Waals surface area contributed by atoms with Gasteiger partial charge < -0.3 is 14.0 Å². The normalized spacial score (nSPS) is 27.4. The van der Waals surface area contributed by atoms with Gasteiger partial charge in [-0.3, -0.25) is 0 Å². The predicted molar refractivity (Wildman–Crippen MR) is 106 cm³/mol. The summed E-state index contributed by atoms with van der Waals surface area (Å²) in [5.74, 6) is 0. The van der Waals surface area contributed by atoms with Crippen molar-refractivity contribution in [3.63, 3.8) is 0 Å². The zero-order chi connectivity index (χ0) is 20.0. The molecule has 6 nitrogen and oxygen atoms in total. The average molecular weight is 395 g/mol. The Labute approximate surface area is 163 Å². The van der Waals surface area contributed by atoms with E-state index in [1.807, 2.05) is 52.0 Å². The third kappa shape index (κ3) is 4.10. The molecule has 2 saturated heterocycles. The smallest absolute Gasteiger partial charge is 0.399 e. The van der Waals surface area contributed by atoms with Crippen molar-refractivity contribution in [3.8, 4) is 0 Å². The van der Waals surface area contributed by atoms with Gasteiger partial charge >= 0.3 is 7.12 Å². The van der Waals surface area contributed by atoms with E-state index >= 15 is 0 Å². The van der Waals surface area contributed by atoms with Crippen LogP contribution in [0.15, 0.2) is 24.3 Å². The van der Waals surface area contributed by atoms with Gasteiger partial charge in [0.05, 0.1) is 28.6 Å². The molecule has 0 spiro atoms. The summed E-state index contributed by atoms with van der Waals surface area (Å²) in [5, 5.41) is -0.468. The van der Waals surface area contributed by atoms with Crippen molar-refractivity contribution in [2.45, 2.75) is 76.6 Å². The number of hydrogen-bond donors (Lipinski definition) is 1. The minimum Gasteiger partial charge on any atom is -0.399 e. The van der Waals surface area contributed by atoms with E-state index in [-0.39, 0.29) is 23.3 Å². The maximum Gasteiger partial charge on any atom is 0.494 e. The number of sulfonamides is 1. The summed E-state index contributed by atoms with van der Waals surface area (Å²) in [6.45, 7) is 12.0. The molecule has 2 fully saturated rings. The van der Waals surface area contributed by atoms with Crippen LogP contribution in [0.4, 0.5) is 0 Å². The lowest BCUT2D eigenvalue weighted by molar-refractivity contribution is 0.00578. The summed E-state index contributed by atoms with van der Waals surface area (Å²) in [4.78, 5) is 0. The second kappa shape index (κ2) is 7.15. The van der Waals surface area contributed by atoms with E-state index in [2.05, 4.69) is 4.72 Å². The van der Waals surface area contributed by atoms with Gasteiger partial charge in [-0.05, 0) is 59.0 Å². The quantitative estimate of drug-likeness (QED) is 0.774. The van der Waals surface area contributed by atoms with E-state index in [0.29, 0.717) is 13.0 Å². The van der Waals surface area contributed by atoms with Crippen LogP contribution in [0, 0.1) is 0 Å². The highest BCUT2D eigenvalue weighted by atomic mass is 32.2. The van der Waals surface area contributed by atoms with Crippen LogP contribution in [-0.2, 0) is 24.1 Å². The number of rotatable bonds is 5. The fourth-order valence-electron chi connectivity index (χ4n) is 3.21. The van der Waals surface area contributed by atoms with Gasteiger partial charge in [0.15, 0.2) is 0 Å². The summed E-state index contributed by atoms with van der Waals surface area (Å²) >= 11 is 0. The van der Waals surface area contributed by atoms with E-state index < -0.39 is 22.4 Å². The predicted octanol–water partition coefficient (Wildman–Crippen LogP) is 2.14. The molecule has 0 unspecified atom stereocenters. The molecule has 2 aliphatic heterocycles. The molecule has 0 aliphatic carbocycles. The Morgan fingerprint density at radius 1 is 1.07 bits per heavy atom. The molecular formula is C19H30BNO5S. The largest absolute Gasteiger partial charge is 0.494 e. The summed E-state index contributed by atoms with van der Waals surface area (Å²) < 4.78 is 45.2. The van der Waals surface area contributed by atoms with Crippen LogP contribution >= 0.6 is 0 Å². The van der Waals surface area contributed by atoms with E-state index in [9.17, 15) is 8.42 Å². The molecule has 1 aromatic rings. The van der Waals surface area contributed by atoms with E-state index in [4.69, 9.17) is 14.0 Å². The van der Waals surface area contributed by atoms with Crippen molar-refractivity contribution in [1.82, 2.24) is 4.72 Å². The van der Waals surface area contributed by atoms with Gasteiger partial charge in [0.25, 0.3) is 0 Å². The Kier molecular flexibility index (Phi) is 5.51.